The van der Waals surface area contributed by atoms with Gasteiger partial charge in [0.15, 0.2) is 0 Å². The van der Waals surface area contributed by atoms with E-state index in [2.05, 4.69) is 66.8 Å². The first-order valence-corrected chi connectivity index (χ1v) is 18.8. The summed E-state index contributed by atoms with van der Waals surface area (Å²) in [5.74, 6) is 13.4. The van der Waals surface area contributed by atoms with E-state index in [4.69, 9.17) is 4.74 Å². The van der Waals surface area contributed by atoms with Crippen LogP contribution in [0.2, 0.25) is 0 Å². The van der Waals surface area contributed by atoms with E-state index in [1.54, 1.807) is 5.57 Å². The Morgan fingerprint density at radius 1 is 0.605 bits per heavy atom. The molecule has 3 saturated carbocycles. The highest BCUT2D eigenvalue weighted by Crippen LogP contribution is 2.64. The van der Waals surface area contributed by atoms with Crippen LogP contribution in [0.1, 0.15) is 96.3 Å². The van der Waals surface area contributed by atoms with Crippen LogP contribution < -0.4 is 0 Å². The molecular weight excluding hydrogens is 520 g/mol. The number of fused-ring (bicyclic) bond motifs is 5. The molecule has 0 aromatic carbocycles. The second kappa shape index (κ2) is 11.4. The maximum atomic E-state index is 7.01. The standard InChI is InChI=1S/C42H54O/c1-2-13-28(14-3-1)31-20-10-22-37-41-36(21-11-23-38(41)43-42(31)37)40-34-18-8-6-16-32(34)39(33-17-7-9-19-35(33)40)30-25-24-27-12-4-5-15-29(27)26-30/h1-4,6,10,12-13,16,22-23,27-36,39-41H,5,7-9,11,14-15,17-21,24-26H2. The summed E-state index contributed by atoms with van der Waals surface area (Å²) in [7, 11) is 0. The van der Waals surface area contributed by atoms with Crippen molar-refractivity contribution < 1.29 is 4.74 Å². The molecule has 1 heteroatoms. The Morgan fingerprint density at radius 3 is 2.37 bits per heavy atom. The van der Waals surface area contributed by atoms with Crippen LogP contribution in [0.5, 0.6) is 0 Å². The number of allylic oxidation sites excluding steroid dienone is 13. The molecule has 0 aromatic heterocycles. The van der Waals surface area contributed by atoms with E-state index in [9.17, 15) is 0 Å². The quantitative estimate of drug-likeness (QED) is 0.305. The van der Waals surface area contributed by atoms with Gasteiger partial charge in [0.2, 0.25) is 0 Å². The van der Waals surface area contributed by atoms with Gasteiger partial charge in [0, 0.05) is 17.4 Å². The molecule has 43 heavy (non-hydrogen) atoms. The van der Waals surface area contributed by atoms with E-state index in [1.165, 1.54) is 95.0 Å². The lowest BCUT2D eigenvalue weighted by atomic mass is 9.45. The van der Waals surface area contributed by atoms with Crippen molar-refractivity contribution in [1.29, 1.82) is 0 Å². The molecule has 9 aliphatic rings. The van der Waals surface area contributed by atoms with Crippen LogP contribution in [0.25, 0.3) is 0 Å². The SMILES string of the molecule is C1=CCC(C2CC=CC3=C2OC2=CCCC(C4C5CCC=CC5C(C5CCC6C=CCCC6C5)C5CCCCC54)C23)C=C1. The number of hydrogen-bond acceptors (Lipinski definition) is 1. The molecule has 0 bridgehead atoms. The topological polar surface area (TPSA) is 9.23 Å². The van der Waals surface area contributed by atoms with Crippen molar-refractivity contribution in [2.24, 2.45) is 76.9 Å². The molecule has 228 valence electrons. The molecule has 0 saturated heterocycles. The first-order valence-electron chi connectivity index (χ1n) is 18.8. The fourth-order valence-corrected chi connectivity index (χ4v) is 13.0. The number of ether oxygens (including phenoxy) is 1. The first-order chi connectivity index (χ1) is 21.3. The van der Waals surface area contributed by atoms with Crippen molar-refractivity contribution in [1.82, 2.24) is 0 Å². The van der Waals surface area contributed by atoms with Gasteiger partial charge in [-0.15, -0.1) is 0 Å². The Morgan fingerprint density at radius 2 is 1.47 bits per heavy atom. The molecule has 0 radical (unpaired) electrons. The lowest BCUT2D eigenvalue weighted by Gasteiger charge is -2.60. The molecule has 0 N–H and O–H groups in total. The lowest BCUT2D eigenvalue weighted by Crippen LogP contribution is -2.54. The lowest BCUT2D eigenvalue weighted by molar-refractivity contribution is -0.0945. The summed E-state index contributed by atoms with van der Waals surface area (Å²) < 4.78 is 7.01. The van der Waals surface area contributed by atoms with Gasteiger partial charge in [0.1, 0.15) is 11.5 Å². The van der Waals surface area contributed by atoms with Gasteiger partial charge in [0.05, 0.1) is 0 Å². The van der Waals surface area contributed by atoms with Gasteiger partial charge in [-0.2, -0.15) is 0 Å². The summed E-state index contributed by atoms with van der Waals surface area (Å²) in [5.41, 5.74) is 1.59. The first kappa shape index (κ1) is 27.3. The van der Waals surface area contributed by atoms with Crippen LogP contribution in [0, 0.1) is 76.9 Å². The summed E-state index contributed by atoms with van der Waals surface area (Å²) in [6.07, 6.45) is 48.3. The predicted octanol–water partition coefficient (Wildman–Crippen LogP) is 10.9. The van der Waals surface area contributed by atoms with Crippen molar-refractivity contribution in [3.8, 4) is 0 Å². The Balaban J connectivity index is 1.06. The molecule has 13 unspecified atom stereocenters. The highest BCUT2D eigenvalue weighted by Gasteiger charge is 2.57. The molecular formula is C42H54O. The third kappa shape index (κ3) is 4.60. The minimum absolute atomic E-state index is 0.515. The summed E-state index contributed by atoms with van der Waals surface area (Å²) >= 11 is 0. The molecule has 0 spiro atoms. The van der Waals surface area contributed by atoms with Crippen molar-refractivity contribution in [2.75, 3.05) is 0 Å². The Kier molecular flexibility index (Phi) is 7.24. The Hall–Kier alpha value is -2.02. The van der Waals surface area contributed by atoms with Crippen LogP contribution in [-0.2, 0) is 4.74 Å². The maximum Gasteiger partial charge on any atom is 0.111 e. The van der Waals surface area contributed by atoms with Gasteiger partial charge in [-0.05, 0) is 155 Å². The van der Waals surface area contributed by atoms with Crippen LogP contribution in [0.3, 0.4) is 0 Å². The minimum Gasteiger partial charge on any atom is -0.465 e. The van der Waals surface area contributed by atoms with Gasteiger partial charge in [0.25, 0.3) is 0 Å². The second-order valence-corrected chi connectivity index (χ2v) is 16.2. The molecule has 3 fully saturated rings. The van der Waals surface area contributed by atoms with Gasteiger partial charge < -0.3 is 4.74 Å². The Labute approximate surface area is 261 Å². The fourth-order valence-electron chi connectivity index (χ4n) is 13.0. The summed E-state index contributed by atoms with van der Waals surface area (Å²) in [4.78, 5) is 0. The molecule has 9 rings (SSSR count). The van der Waals surface area contributed by atoms with E-state index in [0.717, 1.165) is 72.0 Å². The number of rotatable bonds is 3. The van der Waals surface area contributed by atoms with E-state index in [-0.39, 0.29) is 0 Å². The van der Waals surface area contributed by atoms with Gasteiger partial charge >= 0.3 is 0 Å². The normalized spacial score (nSPS) is 48.0. The Bertz CT molecular complexity index is 1290. The molecule has 0 amide bonds. The van der Waals surface area contributed by atoms with Crippen molar-refractivity contribution >= 4 is 0 Å². The molecule has 13 atom stereocenters. The highest BCUT2D eigenvalue weighted by atomic mass is 16.5. The van der Waals surface area contributed by atoms with Gasteiger partial charge in [-0.1, -0.05) is 73.6 Å². The smallest absolute Gasteiger partial charge is 0.111 e. The van der Waals surface area contributed by atoms with Crippen LogP contribution >= 0.6 is 0 Å². The average Bonchev–Trinajstić information content (AvgIpc) is 3.47. The van der Waals surface area contributed by atoms with E-state index >= 15 is 0 Å². The highest BCUT2D eigenvalue weighted by molar-refractivity contribution is 5.43. The predicted molar refractivity (Wildman–Crippen MR) is 177 cm³/mol. The van der Waals surface area contributed by atoms with E-state index in [0.29, 0.717) is 17.8 Å². The molecule has 0 aromatic rings. The van der Waals surface area contributed by atoms with Crippen LogP contribution in [0.15, 0.2) is 83.9 Å². The summed E-state index contributed by atoms with van der Waals surface area (Å²) in [6, 6.07) is 0. The average molecular weight is 575 g/mol. The third-order valence-electron chi connectivity index (χ3n) is 14.5. The van der Waals surface area contributed by atoms with Crippen molar-refractivity contribution in [2.45, 2.75) is 96.3 Å². The monoisotopic (exact) mass is 574 g/mol. The molecule has 8 aliphatic carbocycles. The van der Waals surface area contributed by atoms with Crippen molar-refractivity contribution in [3.05, 3.63) is 83.9 Å². The van der Waals surface area contributed by atoms with E-state index in [1.807, 2.05) is 0 Å². The third-order valence-corrected chi connectivity index (χ3v) is 14.5. The molecule has 1 aliphatic heterocycles. The summed E-state index contributed by atoms with van der Waals surface area (Å²) in [6.45, 7) is 0. The minimum atomic E-state index is 0.515. The zero-order valence-corrected chi connectivity index (χ0v) is 26.4. The zero-order valence-electron chi connectivity index (χ0n) is 26.4. The fraction of sp³-hybridized carbons (Fsp3) is 0.667. The number of hydrogen-bond donors (Lipinski definition) is 0. The summed E-state index contributed by atoms with van der Waals surface area (Å²) in [5, 5.41) is 0. The van der Waals surface area contributed by atoms with Crippen LogP contribution in [-0.4, -0.2) is 0 Å². The van der Waals surface area contributed by atoms with E-state index < -0.39 is 0 Å². The van der Waals surface area contributed by atoms with Gasteiger partial charge in [-0.25, -0.2) is 0 Å². The molecule has 1 nitrogen and oxygen atoms in total. The zero-order chi connectivity index (χ0) is 28.3. The second-order valence-electron chi connectivity index (χ2n) is 16.2. The largest absolute Gasteiger partial charge is 0.465 e. The molecule has 1 heterocycles. The maximum absolute atomic E-state index is 7.01. The van der Waals surface area contributed by atoms with Crippen molar-refractivity contribution in [3.63, 3.8) is 0 Å². The van der Waals surface area contributed by atoms with Gasteiger partial charge in [-0.3, -0.25) is 0 Å². The van der Waals surface area contributed by atoms with Crippen LogP contribution in [0.4, 0.5) is 0 Å².